The van der Waals surface area contributed by atoms with Crippen molar-refractivity contribution in [3.8, 4) is 16.9 Å². The van der Waals surface area contributed by atoms with Crippen LogP contribution >= 0.6 is 0 Å². The first-order valence-corrected chi connectivity index (χ1v) is 5.84. The summed E-state index contributed by atoms with van der Waals surface area (Å²) in [5.74, 6) is -0.231. The number of carboxylic acid groups (broad SMARTS) is 1. The van der Waals surface area contributed by atoms with Crippen LogP contribution in [0, 0.1) is 0 Å². The third kappa shape index (κ3) is 2.92. The van der Waals surface area contributed by atoms with Gasteiger partial charge in [-0.2, -0.15) is 0 Å². The summed E-state index contributed by atoms with van der Waals surface area (Å²) in [5.41, 5.74) is 8.18. The van der Waals surface area contributed by atoms with Crippen LogP contribution in [0.2, 0.25) is 0 Å². The second-order valence-corrected chi connectivity index (χ2v) is 4.17. The molecule has 1 unspecified atom stereocenters. The molecule has 0 aliphatic carbocycles. The lowest BCUT2D eigenvalue weighted by Gasteiger charge is -2.08. The van der Waals surface area contributed by atoms with Gasteiger partial charge >= 0.3 is 5.97 Å². The van der Waals surface area contributed by atoms with Crippen LogP contribution in [0.5, 0.6) is 5.75 Å². The van der Waals surface area contributed by atoms with Crippen LogP contribution in [-0.2, 0) is 4.79 Å². The van der Waals surface area contributed by atoms with E-state index in [1.165, 1.54) is 0 Å². The smallest absolute Gasteiger partial charge is 0.325 e. The molecule has 2 aromatic rings. The van der Waals surface area contributed by atoms with E-state index in [4.69, 9.17) is 15.6 Å². The minimum atomic E-state index is -1.03. The van der Waals surface area contributed by atoms with E-state index in [1.54, 1.807) is 19.2 Å². The highest BCUT2D eigenvalue weighted by molar-refractivity contribution is 5.75. The van der Waals surface area contributed by atoms with Crippen molar-refractivity contribution in [1.29, 1.82) is 0 Å². The second kappa shape index (κ2) is 5.54. The van der Waals surface area contributed by atoms with Gasteiger partial charge in [0, 0.05) is 0 Å². The second-order valence-electron chi connectivity index (χ2n) is 4.17. The molecule has 4 nitrogen and oxygen atoms in total. The van der Waals surface area contributed by atoms with Crippen LogP contribution in [0.25, 0.3) is 11.1 Å². The van der Waals surface area contributed by atoms with Crippen molar-refractivity contribution >= 4 is 5.97 Å². The lowest BCUT2D eigenvalue weighted by atomic mass is 10.0. The van der Waals surface area contributed by atoms with Gasteiger partial charge in [-0.25, -0.2) is 0 Å². The van der Waals surface area contributed by atoms with Crippen molar-refractivity contribution in [2.45, 2.75) is 6.04 Å². The Bertz CT molecular complexity index is 561. The fourth-order valence-corrected chi connectivity index (χ4v) is 1.81. The van der Waals surface area contributed by atoms with Crippen molar-refractivity contribution in [3.63, 3.8) is 0 Å². The highest BCUT2D eigenvalue weighted by Gasteiger charge is 2.13. The zero-order valence-corrected chi connectivity index (χ0v) is 10.5. The summed E-state index contributed by atoms with van der Waals surface area (Å²) in [4.78, 5) is 10.8. The highest BCUT2D eigenvalue weighted by Crippen LogP contribution is 2.23. The lowest BCUT2D eigenvalue weighted by molar-refractivity contribution is -0.138. The zero-order chi connectivity index (χ0) is 13.8. The SMILES string of the molecule is COc1ccc(-c2ccc(C(N)C(=O)O)cc2)cc1. The van der Waals surface area contributed by atoms with E-state index < -0.39 is 12.0 Å². The van der Waals surface area contributed by atoms with Crippen LogP contribution in [0.15, 0.2) is 48.5 Å². The van der Waals surface area contributed by atoms with E-state index in [1.807, 2.05) is 36.4 Å². The van der Waals surface area contributed by atoms with Crippen molar-refractivity contribution in [2.24, 2.45) is 5.73 Å². The molecular formula is C15H15NO3. The lowest BCUT2D eigenvalue weighted by Crippen LogP contribution is -2.20. The van der Waals surface area contributed by atoms with E-state index in [2.05, 4.69) is 0 Å². The van der Waals surface area contributed by atoms with Gasteiger partial charge in [0.25, 0.3) is 0 Å². The summed E-state index contributed by atoms with van der Waals surface area (Å²) in [5, 5.41) is 8.84. The average molecular weight is 257 g/mol. The Hall–Kier alpha value is -2.33. The number of methoxy groups -OCH3 is 1. The quantitative estimate of drug-likeness (QED) is 0.882. The van der Waals surface area contributed by atoms with Gasteiger partial charge in [0.05, 0.1) is 7.11 Å². The molecule has 0 amide bonds. The molecule has 2 rings (SSSR count). The molecule has 0 bridgehead atoms. The number of rotatable bonds is 4. The summed E-state index contributed by atoms with van der Waals surface area (Å²) < 4.78 is 5.10. The van der Waals surface area contributed by atoms with E-state index in [-0.39, 0.29) is 0 Å². The number of benzene rings is 2. The van der Waals surface area contributed by atoms with E-state index >= 15 is 0 Å². The molecule has 1 atom stereocenters. The summed E-state index contributed by atoms with van der Waals surface area (Å²) in [7, 11) is 1.62. The van der Waals surface area contributed by atoms with E-state index in [0.717, 1.165) is 16.9 Å². The number of nitrogens with two attached hydrogens (primary N) is 1. The molecular weight excluding hydrogens is 242 g/mol. The maximum absolute atomic E-state index is 10.8. The molecule has 0 aromatic heterocycles. The molecule has 4 heteroatoms. The molecule has 0 aliphatic heterocycles. The van der Waals surface area contributed by atoms with Crippen LogP contribution in [0.4, 0.5) is 0 Å². The number of aliphatic carboxylic acids is 1. The average Bonchev–Trinajstić information content (AvgIpc) is 2.46. The van der Waals surface area contributed by atoms with Crippen LogP contribution in [0.3, 0.4) is 0 Å². The van der Waals surface area contributed by atoms with Crippen LogP contribution in [0.1, 0.15) is 11.6 Å². The number of carboxylic acids is 1. The molecule has 3 N–H and O–H groups in total. The largest absolute Gasteiger partial charge is 0.497 e. The maximum atomic E-state index is 10.8. The fraction of sp³-hybridized carbons (Fsp3) is 0.133. The molecule has 0 saturated heterocycles. The molecule has 0 aliphatic rings. The Balaban J connectivity index is 2.24. The predicted molar refractivity (Wildman–Crippen MR) is 73.0 cm³/mol. The van der Waals surface area contributed by atoms with E-state index in [0.29, 0.717) is 5.56 Å². The molecule has 2 aromatic carbocycles. The first-order chi connectivity index (χ1) is 9.11. The number of carbonyl (C=O) groups is 1. The van der Waals surface area contributed by atoms with Crippen LogP contribution in [-0.4, -0.2) is 18.2 Å². The molecule has 0 saturated carbocycles. The van der Waals surface area contributed by atoms with Crippen molar-refractivity contribution < 1.29 is 14.6 Å². The third-order valence-electron chi connectivity index (χ3n) is 2.96. The Morgan fingerprint density at radius 3 is 1.95 bits per heavy atom. The Labute approximate surface area is 111 Å². The number of ether oxygens (including phenoxy) is 1. The fourth-order valence-electron chi connectivity index (χ4n) is 1.81. The molecule has 0 radical (unpaired) electrons. The topological polar surface area (TPSA) is 72.5 Å². The van der Waals surface area contributed by atoms with Gasteiger partial charge in [-0.3, -0.25) is 4.79 Å². The van der Waals surface area contributed by atoms with Gasteiger partial charge in [-0.15, -0.1) is 0 Å². The first kappa shape index (κ1) is 13.1. The number of hydrogen-bond donors (Lipinski definition) is 2. The molecule has 19 heavy (non-hydrogen) atoms. The van der Waals surface area contributed by atoms with Crippen molar-refractivity contribution in [1.82, 2.24) is 0 Å². The number of hydrogen-bond acceptors (Lipinski definition) is 3. The minimum Gasteiger partial charge on any atom is -0.497 e. The standard InChI is InChI=1S/C15H15NO3/c1-19-13-8-6-11(7-9-13)10-2-4-12(5-3-10)14(16)15(17)18/h2-9,14H,16H2,1H3,(H,17,18). The summed E-state index contributed by atoms with van der Waals surface area (Å²) in [6.45, 7) is 0. The predicted octanol–water partition coefficient (Wildman–Crippen LogP) is 2.45. The monoisotopic (exact) mass is 257 g/mol. The zero-order valence-electron chi connectivity index (χ0n) is 10.5. The summed E-state index contributed by atoms with van der Waals surface area (Å²) >= 11 is 0. The molecule has 98 valence electrons. The molecule has 0 heterocycles. The highest BCUT2D eigenvalue weighted by atomic mass is 16.5. The van der Waals surface area contributed by atoms with Gasteiger partial charge in [0.1, 0.15) is 11.8 Å². The summed E-state index contributed by atoms with van der Waals surface area (Å²) in [6, 6.07) is 13.9. The van der Waals surface area contributed by atoms with Crippen molar-refractivity contribution in [2.75, 3.05) is 7.11 Å². The summed E-state index contributed by atoms with van der Waals surface area (Å²) in [6.07, 6.45) is 0. The Morgan fingerprint density at radius 2 is 1.53 bits per heavy atom. The maximum Gasteiger partial charge on any atom is 0.325 e. The normalized spacial score (nSPS) is 11.9. The minimum absolute atomic E-state index is 0.588. The van der Waals surface area contributed by atoms with Crippen molar-refractivity contribution in [3.05, 3.63) is 54.1 Å². The third-order valence-corrected chi connectivity index (χ3v) is 2.96. The van der Waals surface area contributed by atoms with Gasteiger partial charge in [-0.05, 0) is 28.8 Å². The van der Waals surface area contributed by atoms with Gasteiger partial charge in [-0.1, -0.05) is 36.4 Å². The van der Waals surface area contributed by atoms with Gasteiger partial charge < -0.3 is 15.6 Å². The Morgan fingerprint density at radius 1 is 1.05 bits per heavy atom. The Kier molecular flexibility index (Phi) is 3.82. The van der Waals surface area contributed by atoms with Gasteiger partial charge in [0.2, 0.25) is 0 Å². The molecule has 0 fully saturated rings. The van der Waals surface area contributed by atoms with Gasteiger partial charge in [0.15, 0.2) is 0 Å². The van der Waals surface area contributed by atoms with Crippen LogP contribution < -0.4 is 10.5 Å². The molecule has 0 spiro atoms. The first-order valence-electron chi connectivity index (χ1n) is 5.84. The van der Waals surface area contributed by atoms with E-state index in [9.17, 15) is 4.79 Å².